The number of amides is 1. The molecule has 0 radical (unpaired) electrons. The first-order valence-corrected chi connectivity index (χ1v) is 11.1. The summed E-state index contributed by atoms with van der Waals surface area (Å²) in [5.74, 6) is 0.795. The average Bonchev–Trinajstić information content (AvgIpc) is 3.60. The van der Waals surface area contributed by atoms with E-state index in [0.717, 1.165) is 29.1 Å². The Morgan fingerprint density at radius 3 is 3.00 bits per heavy atom. The van der Waals surface area contributed by atoms with E-state index in [0.29, 0.717) is 29.5 Å². The van der Waals surface area contributed by atoms with Crippen molar-refractivity contribution in [2.75, 3.05) is 6.54 Å². The number of hydrogen-bond acceptors (Lipinski definition) is 8. The van der Waals surface area contributed by atoms with Crippen LogP contribution in [-0.2, 0) is 0 Å². The Morgan fingerprint density at radius 2 is 2.12 bits per heavy atom. The van der Waals surface area contributed by atoms with Gasteiger partial charge in [0.05, 0.1) is 35.9 Å². The molecule has 0 saturated carbocycles. The lowest BCUT2D eigenvalue weighted by Gasteiger charge is -2.23. The SMILES string of the molecule is Cc1ccc(-n2nccn2)c(C(=O)N2CCCC2c2noc(-c3cnc4sccn34)n2)c1. The van der Waals surface area contributed by atoms with Gasteiger partial charge in [-0.3, -0.25) is 9.20 Å². The van der Waals surface area contributed by atoms with Crippen LogP contribution in [0.1, 0.15) is 40.6 Å². The molecule has 1 saturated heterocycles. The number of carbonyl (C=O) groups excluding carboxylic acids is 1. The quantitative estimate of drug-likeness (QED) is 0.417. The molecule has 5 heterocycles. The van der Waals surface area contributed by atoms with Crippen molar-refractivity contribution in [2.24, 2.45) is 0 Å². The van der Waals surface area contributed by atoms with Crippen LogP contribution in [-0.4, -0.2) is 51.9 Å². The lowest BCUT2D eigenvalue weighted by atomic mass is 10.1. The molecule has 160 valence electrons. The van der Waals surface area contributed by atoms with Gasteiger partial charge < -0.3 is 9.42 Å². The molecule has 1 amide bonds. The second kappa shape index (κ2) is 7.38. The Kier molecular flexibility index (Phi) is 4.35. The Morgan fingerprint density at radius 1 is 1.25 bits per heavy atom. The first-order chi connectivity index (χ1) is 15.7. The molecule has 11 heteroatoms. The minimum absolute atomic E-state index is 0.0978. The molecule has 1 aliphatic rings. The van der Waals surface area contributed by atoms with Crippen LogP contribution in [0.3, 0.4) is 0 Å². The second-order valence-corrected chi connectivity index (χ2v) is 8.53. The number of carbonyl (C=O) groups is 1. The predicted molar refractivity (Wildman–Crippen MR) is 115 cm³/mol. The summed E-state index contributed by atoms with van der Waals surface area (Å²) in [6.45, 7) is 2.58. The molecule has 1 aliphatic heterocycles. The molecule has 6 rings (SSSR count). The third-order valence-electron chi connectivity index (χ3n) is 5.64. The van der Waals surface area contributed by atoms with E-state index < -0.39 is 0 Å². The molecule has 0 N–H and O–H groups in total. The number of fused-ring (bicyclic) bond motifs is 1. The molecule has 4 aromatic heterocycles. The highest BCUT2D eigenvalue weighted by molar-refractivity contribution is 7.15. The molecule has 0 bridgehead atoms. The molecule has 1 aromatic carbocycles. The number of thiazole rings is 1. The van der Waals surface area contributed by atoms with Crippen LogP contribution in [0.2, 0.25) is 0 Å². The van der Waals surface area contributed by atoms with E-state index in [9.17, 15) is 4.79 Å². The van der Waals surface area contributed by atoms with Crippen molar-refractivity contribution >= 4 is 22.2 Å². The van der Waals surface area contributed by atoms with Crippen molar-refractivity contribution in [3.05, 3.63) is 65.3 Å². The number of hydrogen-bond donors (Lipinski definition) is 0. The van der Waals surface area contributed by atoms with Gasteiger partial charge in [-0.25, -0.2) is 4.98 Å². The van der Waals surface area contributed by atoms with Crippen LogP contribution in [0.15, 0.2) is 52.9 Å². The topological polar surface area (TPSA) is 107 Å². The number of benzene rings is 1. The zero-order valence-corrected chi connectivity index (χ0v) is 17.9. The molecule has 5 aromatic rings. The summed E-state index contributed by atoms with van der Waals surface area (Å²) in [6.07, 6.45) is 8.45. The van der Waals surface area contributed by atoms with Crippen molar-refractivity contribution in [3.8, 4) is 17.3 Å². The third kappa shape index (κ3) is 3.01. The second-order valence-electron chi connectivity index (χ2n) is 7.65. The first-order valence-electron chi connectivity index (χ1n) is 10.2. The summed E-state index contributed by atoms with van der Waals surface area (Å²) in [5.41, 5.74) is 2.92. The third-order valence-corrected chi connectivity index (χ3v) is 6.41. The molecule has 0 aliphatic carbocycles. The highest BCUT2D eigenvalue weighted by Crippen LogP contribution is 2.34. The summed E-state index contributed by atoms with van der Waals surface area (Å²) in [6, 6.07) is 5.42. The molecule has 32 heavy (non-hydrogen) atoms. The number of nitrogens with zero attached hydrogens (tertiary/aromatic N) is 8. The van der Waals surface area contributed by atoms with Gasteiger partial charge in [-0.1, -0.05) is 16.8 Å². The Hall–Kier alpha value is -3.86. The molecule has 1 fully saturated rings. The van der Waals surface area contributed by atoms with Gasteiger partial charge in [-0.05, 0) is 31.9 Å². The van der Waals surface area contributed by atoms with Gasteiger partial charge in [0.2, 0.25) is 0 Å². The molecule has 1 atom stereocenters. The average molecular weight is 446 g/mol. The highest BCUT2D eigenvalue weighted by Gasteiger charge is 2.35. The van der Waals surface area contributed by atoms with Crippen molar-refractivity contribution in [2.45, 2.75) is 25.8 Å². The van der Waals surface area contributed by atoms with Gasteiger partial charge in [0.15, 0.2) is 10.8 Å². The predicted octanol–water partition coefficient (Wildman–Crippen LogP) is 3.31. The van der Waals surface area contributed by atoms with E-state index in [4.69, 9.17) is 4.52 Å². The smallest absolute Gasteiger partial charge is 0.276 e. The fourth-order valence-corrected chi connectivity index (χ4v) is 4.82. The van der Waals surface area contributed by atoms with Crippen LogP contribution >= 0.6 is 11.3 Å². The van der Waals surface area contributed by atoms with Crippen LogP contribution in [0, 0.1) is 6.92 Å². The minimum Gasteiger partial charge on any atom is -0.332 e. The first kappa shape index (κ1) is 18.9. The summed E-state index contributed by atoms with van der Waals surface area (Å²) in [5, 5.41) is 14.6. The summed E-state index contributed by atoms with van der Waals surface area (Å²) in [4.78, 5) is 26.8. The highest BCUT2D eigenvalue weighted by atomic mass is 32.1. The van der Waals surface area contributed by atoms with Crippen molar-refractivity contribution in [1.29, 1.82) is 0 Å². The zero-order chi connectivity index (χ0) is 21.7. The van der Waals surface area contributed by atoms with Crippen LogP contribution in [0.4, 0.5) is 0 Å². The number of rotatable bonds is 4. The van der Waals surface area contributed by atoms with Crippen molar-refractivity contribution < 1.29 is 9.32 Å². The Labute approximate surface area is 186 Å². The molecular weight excluding hydrogens is 428 g/mol. The van der Waals surface area contributed by atoms with Crippen LogP contribution in [0.25, 0.3) is 22.2 Å². The number of imidazole rings is 1. The fraction of sp³-hybridized carbons (Fsp3) is 0.238. The van der Waals surface area contributed by atoms with Crippen LogP contribution < -0.4 is 0 Å². The van der Waals surface area contributed by atoms with Gasteiger partial charge in [0, 0.05) is 18.1 Å². The maximum atomic E-state index is 13.6. The summed E-state index contributed by atoms with van der Waals surface area (Å²) in [7, 11) is 0. The van der Waals surface area contributed by atoms with Gasteiger partial charge in [0.1, 0.15) is 5.69 Å². The van der Waals surface area contributed by atoms with E-state index in [1.54, 1.807) is 18.6 Å². The lowest BCUT2D eigenvalue weighted by Crippen LogP contribution is -2.32. The summed E-state index contributed by atoms with van der Waals surface area (Å²) < 4.78 is 7.47. The van der Waals surface area contributed by atoms with E-state index in [2.05, 4.69) is 25.3 Å². The Balaban J connectivity index is 1.34. The van der Waals surface area contributed by atoms with Gasteiger partial charge in [0.25, 0.3) is 11.8 Å². The fourth-order valence-electron chi connectivity index (χ4n) is 4.13. The number of aryl methyl sites for hydroxylation is 1. The van der Waals surface area contributed by atoms with Crippen LogP contribution in [0.5, 0.6) is 0 Å². The summed E-state index contributed by atoms with van der Waals surface area (Å²) >= 11 is 1.54. The van der Waals surface area contributed by atoms with Crippen molar-refractivity contribution in [3.63, 3.8) is 0 Å². The molecule has 1 unspecified atom stereocenters. The van der Waals surface area contributed by atoms with Crippen molar-refractivity contribution in [1.82, 2.24) is 39.4 Å². The van der Waals surface area contributed by atoms with Gasteiger partial charge in [-0.2, -0.15) is 20.0 Å². The minimum atomic E-state index is -0.259. The van der Waals surface area contributed by atoms with E-state index in [-0.39, 0.29) is 11.9 Å². The molecule has 10 nitrogen and oxygen atoms in total. The molecular formula is C21H18N8O2S. The maximum absolute atomic E-state index is 13.6. The monoisotopic (exact) mass is 446 g/mol. The standard InChI is InChI=1S/C21H18N8O2S/c1-13-4-5-15(29-23-6-7-24-29)14(11-13)20(30)27-8-2-3-16(27)18-25-19(31-26-18)17-12-22-21-28(17)9-10-32-21/h4-7,9-12,16H,2-3,8H2,1H3. The van der Waals surface area contributed by atoms with E-state index in [1.807, 2.05) is 46.0 Å². The normalized spacial score (nSPS) is 16.3. The largest absolute Gasteiger partial charge is 0.332 e. The molecule has 0 spiro atoms. The Bertz CT molecular complexity index is 1420. The van der Waals surface area contributed by atoms with E-state index in [1.165, 1.54) is 16.1 Å². The number of likely N-dealkylation sites (tertiary alicyclic amines) is 1. The van der Waals surface area contributed by atoms with Gasteiger partial charge >= 0.3 is 0 Å². The van der Waals surface area contributed by atoms with E-state index >= 15 is 0 Å². The zero-order valence-electron chi connectivity index (χ0n) is 17.1. The lowest BCUT2D eigenvalue weighted by molar-refractivity contribution is 0.0728. The van der Waals surface area contributed by atoms with Gasteiger partial charge in [-0.15, -0.1) is 11.3 Å². The maximum Gasteiger partial charge on any atom is 0.276 e. The number of aromatic nitrogens is 7.